The summed E-state index contributed by atoms with van der Waals surface area (Å²) in [7, 11) is 0. The number of likely N-dealkylation sites (tertiary alicyclic amines) is 2. The van der Waals surface area contributed by atoms with E-state index in [0.29, 0.717) is 6.54 Å². The Morgan fingerprint density at radius 1 is 1.03 bits per heavy atom. The lowest BCUT2D eigenvalue weighted by molar-refractivity contribution is -0.144. The fraction of sp³-hybridized carbons (Fsp3) is 0.720. The maximum Gasteiger partial charge on any atom is 0.236 e. The number of benzene rings is 1. The molecular formula is C25H39N3O2. The first-order valence-electron chi connectivity index (χ1n) is 12.1. The molecule has 3 atom stereocenters. The smallest absolute Gasteiger partial charge is 0.236 e. The van der Waals surface area contributed by atoms with Crippen molar-refractivity contribution in [2.75, 3.05) is 44.2 Å². The van der Waals surface area contributed by atoms with Gasteiger partial charge in [0.25, 0.3) is 0 Å². The number of carbonyl (C=O) groups is 1. The first-order valence-corrected chi connectivity index (χ1v) is 12.1. The van der Waals surface area contributed by atoms with Gasteiger partial charge in [-0.25, -0.2) is 0 Å². The van der Waals surface area contributed by atoms with Crippen molar-refractivity contribution in [3.8, 4) is 0 Å². The first-order chi connectivity index (χ1) is 14.6. The predicted octanol–water partition coefficient (Wildman–Crippen LogP) is 3.82. The molecule has 1 saturated carbocycles. The second-order valence-corrected chi connectivity index (χ2v) is 9.47. The largest absolute Gasteiger partial charge is 0.389 e. The number of hydrogen-bond acceptors (Lipinski definition) is 4. The van der Waals surface area contributed by atoms with Crippen LogP contribution in [-0.4, -0.2) is 65.7 Å². The van der Waals surface area contributed by atoms with Crippen LogP contribution in [0.5, 0.6) is 0 Å². The van der Waals surface area contributed by atoms with Crippen LogP contribution in [0, 0.1) is 5.92 Å². The molecule has 5 heteroatoms. The Morgan fingerprint density at radius 2 is 1.73 bits per heavy atom. The van der Waals surface area contributed by atoms with Gasteiger partial charge in [0.1, 0.15) is 0 Å². The van der Waals surface area contributed by atoms with E-state index >= 15 is 0 Å². The molecule has 5 nitrogen and oxygen atoms in total. The van der Waals surface area contributed by atoms with Crippen molar-refractivity contribution in [2.24, 2.45) is 5.92 Å². The molecule has 1 amide bonds. The molecule has 1 aliphatic carbocycles. The fourth-order valence-electron chi connectivity index (χ4n) is 6.07. The Labute approximate surface area is 182 Å². The molecule has 2 saturated heterocycles. The Balaban J connectivity index is 1.60. The van der Waals surface area contributed by atoms with Crippen molar-refractivity contribution >= 4 is 11.6 Å². The highest BCUT2D eigenvalue weighted by Crippen LogP contribution is 2.49. The Morgan fingerprint density at radius 3 is 2.40 bits per heavy atom. The molecule has 0 aromatic heterocycles. The summed E-state index contributed by atoms with van der Waals surface area (Å²) in [6, 6.07) is 9.05. The minimum atomic E-state index is -0.576. The van der Waals surface area contributed by atoms with E-state index in [2.05, 4.69) is 47.9 Å². The summed E-state index contributed by atoms with van der Waals surface area (Å²) < 4.78 is 0. The van der Waals surface area contributed by atoms with Gasteiger partial charge in [0.2, 0.25) is 5.91 Å². The van der Waals surface area contributed by atoms with Gasteiger partial charge in [-0.3, -0.25) is 9.69 Å². The van der Waals surface area contributed by atoms with Crippen LogP contribution in [0.15, 0.2) is 24.3 Å². The van der Waals surface area contributed by atoms with Gasteiger partial charge >= 0.3 is 0 Å². The van der Waals surface area contributed by atoms with Crippen molar-refractivity contribution < 1.29 is 9.90 Å². The van der Waals surface area contributed by atoms with Crippen molar-refractivity contribution in [1.82, 2.24) is 9.80 Å². The third-order valence-corrected chi connectivity index (χ3v) is 7.83. The summed E-state index contributed by atoms with van der Waals surface area (Å²) in [6.45, 7) is 9.46. The molecule has 4 rings (SSSR count). The molecule has 1 aromatic rings. The van der Waals surface area contributed by atoms with Crippen molar-refractivity contribution in [3.05, 3.63) is 29.8 Å². The average molecular weight is 414 g/mol. The maximum atomic E-state index is 13.0. The van der Waals surface area contributed by atoms with E-state index in [0.717, 1.165) is 71.2 Å². The van der Waals surface area contributed by atoms with E-state index in [-0.39, 0.29) is 17.9 Å². The van der Waals surface area contributed by atoms with Gasteiger partial charge in [0.05, 0.1) is 12.1 Å². The van der Waals surface area contributed by atoms with Crippen LogP contribution in [0.3, 0.4) is 0 Å². The molecule has 30 heavy (non-hydrogen) atoms. The minimum absolute atomic E-state index is 0.126. The zero-order valence-electron chi connectivity index (χ0n) is 18.9. The summed E-state index contributed by atoms with van der Waals surface area (Å²) >= 11 is 0. The van der Waals surface area contributed by atoms with E-state index in [9.17, 15) is 9.90 Å². The highest BCUT2D eigenvalue weighted by atomic mass is 16.3. The molecule has 0 bridgehead atoms. The summed E-state index contributed by atoms with van der Waals surface area (Å²) in [5.41, 5.74) is 1.93. The molecule has 1 N–H and O–H groups in total. The van der Waals surface area contributed by atoms with Gasteiger partial charge in [-0.2, -0.15) is 0 Å². The van der Waals surface area contributed by atoms with E-state index in [4.69, 9.17) is 0 Å². The van der Waals surface area contributed by atoms with Crippen LogP contribution < -0.4 is 4.90 Å². The van der Waals surface area contributed by atoms with E-state index in [1.165, 1.54) is 17.7 Å². The molecule has 2 heterocycles. The van der Waals surface area contributed by atoms with E-state index < -0.39 is 5.60 Å². The zero-order valence-corrected chi connectivity index (χ0v) is 18.9. The minimum Gasteiger partial charge on any atom is -0.389 e. The zero-order chi connectivity index (χ0) is 21.1. The van der Waals surface area contributed by atoms with Gasteiger partial charge in [-0.15, -0.1) is 0 Å². The van der Waals surface area contributed by atoms with Crippen molar-refractivity contribution in [3.63, 3.8) is 0 Å². The van der Waals surface area contributed by atoms with E-state index in [1.54, 1.807) is 0 Å². The standard InChI is InChI=1S/C25H39N3O2/c1-3-26(4-2)21-12-10-20(11-13-21)24-22-9-5-6-14-25(22,30)15-18-28(24)19-23(29)27-16-7-8-17-27/h10-13,22,24,30H,3-9,14-19H2,1-2H3/t22-,24-,25+/m0/s1. The van der Waals surface area contributed by atoms with Gasteiger partial charge in [-0.1, -0.05) is 25.0 Å². The lowest BCUT2D eigenvalue weighted by Crippen LogP contribution is -2.56. The quantitative estimate of drug-likeness (QED) is 0.770. The third-order valence-electron chi connectivity index (χ3n) is 7.83. The van der Waals surface area contributed by atoms with Crippen LogP contribution in [0.2, 0.25) is 0 Å². The number of aliphatic hydroxyl groups is 1. The van der Waals surface area contributed by atoms with Gasteiger partial charge in [-0.05, 0) is 63.6 Å². The SMILES string of the molecule is CCN(CC)c1ccc([C@H]2[C@@H]3CCCC[C@@]3(O)CCN2CC(=O)N2CCCC2)cc1. The molecule has 3 aliphatic rings. The van der Waals surface area contributed by atoms with Gasteiger partial charge in [0.15, 0.2) is 0 Å². The number of rotatable bonds is 6. The third kappa shape index (κ3) is 4.24. The molecule has 0 spiro atoms. The second kappa shape index (κ2) is 9.27. The molecule has 0 unspecified atom stereocenters. The van der Waals surface area contributed by atoms with Crippen LogP contribution in [0.4, 0.5) is 5.69 Å². The monoisotopic (exact) mass is 413 g/mol. The van der Waals surface area contributed by atoms with Crippen LogP contribution in [-0.2, 0) is 4.79 Å². The normalized spacial score (nSPS) is 29.6. The number of anilines is 1. The summed E-state index contributed by atoms with van der Waals surface area (Å²) in [5.74, 6) is 0.476. The molecule has 3 fully saturated rings. The van der Waals surface area contributed by atoms with Crippen LogP contribution in [0.25, 0.3) is 0 Å². The Hall–Kier alpha value is -1.59. The lowest BCUT2D eigenvalue weighted by atomic mass is 9.66. The Kier molecular flexibility index (Phi) is 6.69. The van der Waals surface area contributed by atoms with Crippen LogP contribution >= 0.6 is 0 Å². The predicted molar refractivity (Wildman–Crippen MR) is 122 cm³/mol. The Bertz CT molecular complexity index is 712. The fourth-order valence-corrected chi connectivity index (χ4v) is 6.07. The number of nitrogens with zero attached hydrogens (tertiary/aromatic N) is 3. The van der Waals surface area contributed by atoms with E-state index in [1.807, 2.05) is 4.90 Å². The molecule has 166 valence electrons. The molecular weight excluding hydrogens is 374 g/mol. The first kappa shape index (κ1) is 21.6. The number of amides is 1. The maximum absolute atomic E-state index is 13.0. The van der Waals surface area contributed by atoms with Gasteiger partial charge in [0, 0.05) is 50.4 Å². The number of carbonyl (C=O) groups excluding carboxylic acids is 1. The topological polar surface area (TPSA) is 47.0 Å². The molecule has 0 radical (unpaired) electrons. The summed E-state index contributed by atoms with van der Waals surface area (Å²) in [6.07, 6.45) is 7.29. The second-order valence-electron chi connectivity index (χ2n) is 9.47. The summed E-state index contributed by atoms with van der Waals surface area (Å²) in [4.78, 5) is 19.7. The molecule has 2 aliphatic heterocycles. The number of fused-ring (bicyclic) bond motifs is 1. The van der Waals surface area contributed by atoms with Crippen LogP contribution in [0.1, 0.15) is 70.4 Å². The van der Waals surface area contributed by atoms with Crippen molar-refractivity contribution in [2.45, 2.75) is 70.4 Å². The molecule has 1 aromatic carbocycles. The van der Waals surface area contributed by atoms with Crippen molar-refractivity contribution in [1.29, 1.82) is 0 Å². The van der Waals surface area contributed by atoms with Gasteiger partial charge < -0.3 is 14.9 Å². The lowest BCUT2D eigenvalue weighted by Gasteiger charge is -2.52. The number of piperidine rings is 1. The number of hydrogen-bond donors (Lipinski definition) is 1. The average Bonchev–Trinajstić information content (AvgIpc) is 3.30. The highest BCUT2D eigenvalue weighted by molar-refractivity contribution is 5.78. The summed E-state index contributed by atoms with van der Waals surface area (Å²) in [5, 5.41) is 11.5. The highest BCUT2D eigenvalue weighted by Gasteiger charge is 2.49.